The molecule has 3 nitrogen and oxygen atoms in total. The molecule has 1 fully saturated rings. The van der Waals surface area contributed by atoms with Crippen LogP contribution in [0.4, 0.5) is 0 Å². The van der Waals surface area contributed by atoms with Crippen molar-refractivity contribution in [1.82, 2.24) is 0 Å². The SMILES string of the molecule is CCCCCC=CCC=CCCCCCCC[C@@H](O)C[C@@H]1OC(=O)[C@H]1Cc1ccccc1. The molecule has 1 saturated heterocycles. The number of esters is 1. The number of allylic oxidation sites excluding steroid dienone is 4. The van der Waals surface area contributed by atoms with E-state index in [1.807, 2.05) is 30.3 Å². The predicted molar refractivity (Wildman–Crippen MR) is 133 cm³/mol. The van der Waals surface area contributed by atoms with Crippen molar-refractivity contribution in [2.45, 2.75) is 109 Å². The summed E-state index contributed by atoms with van der Waals surface area (Å²) >= 11 is 0. The van der Waals surface area contributed by atoms with Gasteiger partial charge in [0.15, 0.2) is 0 Å². The quantitative estimate of drug-likeness (QED) is 0.148. The fourth-order valence-corrected chi connectivity index (χ4v) is 4.27. The van der Waals surface area contributed by atoms with Gasteiger partial charge in [0.25, 0.3) is 0 Å². The molecule has 1 aliphatic rings. The molecule has 1 N–H and O–H groups in total. The van der Waals surface area contributed by atoms with Gasteiger partial charge < -0.3 is 9.84 Å². The van der Waals surface area contributed by atoms with Crippen LogP contribution in [-0.2, 0) is 16.0 Å². The molecule has 0 amide bonds. The van der Waals surface area contributed by atoms with E-state index in [1.54, 1.807) is 0 Å². The van der Waals surface area contributed by atoms with Crippen LogP contribution in [0.15, 0.2) is 54.6 Å². The summed E-state index contributed by atoms with van der Waals surface area (Å²) < 4.78 is 5.31. The van der Waals surface area contributed by atoms with Gasteiger partial charge in [-0.1, -0.05) is 100 Å². The fraction of sp³-hybridized carbons (Fsp3) is 0.621. The maximum Gasteiger partial charge on any atom is 0.313 e. The van der Waals surface area contributed by atoms with Gasteiger partial charge in [-0.2, -0.15) is 0 Å². The molecule has 32 heavy (non-hydrogen) atoms. The van der Waals surface area contributed by atoms with Crippen LogP contribution in [0.2, 0.25) is 0 Å². The van der Waals surface area contributed by atoms with E-state index in [0.29, 0.717) is 12.8 Å². The van der Waals surface area contributed by atoms with Crippen molar-refractivity contribution in [2.24, 2.45) is 5.92 Å². The average Bonchev–Trinajstić information content (AvgIpc) is 2.80. The number of rotatable bonds is 18. The second kappa shape index (κ2) is 16.7. The second-order valence-corrected chi connectivity index (χ2v) is 9.18. The highest BCUT2D eigenvalue weighted by Crippen LogP contribution is 2.30. The number of hydrogen-bond donors (Lipinski definition) is 1. The number of cyclic esters (lactones) is 1. The number of carbonyl (C=O) groups excluding carboxylic acids is 1. The van der Waals surface area contributed by atoms with Gasteiger partial charge in [0.1, 0.15) is 6.10 Å². The zero-order valence-electron chi connectivity index (χ0n) is 20.1. The minimum Gasteiger partial charge on any atom is -0.461 e. The largest absolute Gasteiger partial charge is 0.461 e. The number of ether oxygens (including phenoxy) is 1. The summed E-state index contributed by atoms with van der Waals surface area (Å²) in [4.78, 5) is 11.8. The van der Waals surface area contributed by atoms with Crippen LogP contribution >= 0.6 is 0 Å². The zero-order chi connectivity index (χ0) is 22.9. The van der Waals surface area contributed by atoms with Gasteiger partial charge in [0.05, 0.1) is 12.0 Å². The Balaban J connectivity index is 1.43. The van der Waals surface area contributed by atoms with Crippen molar-refractivity contribution in [3.05, 3.63) is 60.2 Å². The molecule has 0 saturated carbocycles. The van der Waals surface area contributed by atoms with E-state index >= 15 is 0 Å². The standard InChI is InChI=1S/C29H44O3/c1-2-3-4-5-6-7-8-9-10-11-12-13-14-15-19-22-26(30)24-28-27(29(31)32-28)23-25-20-17-16-18-21-25/h6-7,9-10,16-18,20-21,26-28,30H,2-5,8,11-15,19,22-24H2,1H3/t26-,27+,28+/m1/s1. The van der Waals surface area contributed by atoms with Gasteiger partial charge in [-0.25, -0.2) is 0 Å². The van der Waals surface area contributed by atoms with Gasteiger partial charge in [-0.05, 0) is 50.5 Å². The summed E-state index contributed by atoms with van der Waals surface area (Å²) in [5, 5.41) is 10.4. The molecule has 0 aromatic heterocycles. The molecule has 0 aliphatic carbocycles. The highest BCUT2D eigenvalue weighted by molar-refractivity contribution is 5.78. The summed E-state index contributed by atoms with van der Waals surface area (Å²) in [6.07, 6.45) is 24.1. The van der Waals surface area contributed by atoms with E-state index in [2.05, 4.69) is 31.2 Å². The van der Waals surface area contributed by atoms with Gasteiger partial charge in [-0.3, -0.25) is 4.79 Å². The smallest absolute Gasteiger partial charge is 0.313 e. The summed E-state index contributed by atoms with van der Waals surface area (Å²) in [5.41, 5.74) is 1.15. The maximum absolute atomic E-state index is 11.8. The first-order valence-corrected chi connectivity index (χ1v) is 12.9. The Morgan fingerprint density at radius 1 is 0.906 bits per heavy atom. The number of benzene rings is 1. The van der Waals surface area contributed by atoms with Crippen molar-refractivity contribution in [3.63, 3.8) is 0 Å². The van der Waals surface area contributed by atoms with Crippen molar-refractivity contribution in [2.75, 3.05) is 0 Å². The monoisotopic (exact) mass is 440 g/mol. The van der Waals surface area contributed by atoms with Crippen molar-refractivity contribution < 1.29 is 14.6 Å². The molecule has 0 spiro atoms. The van der Waals surface area contributed by atoms with Crippen LogP contribution < -0.4 is 0 Å². The van der Waals surface area contributed by atoms with E-state index in [0.717, 1.165) is 24.8 Å². The lowest BCUT2D eigenvalue weighted by atomic mass is 9.86. The predicted octanol–water partition coefficient (Wildman–Crippen LogP) is 7.34. The molecule has 3 heteroatoms. The van der Waals surface area contributed by atoms with Crippen molar-refractivity contribution in [1.29, 1.82) is 0 Å². The molecule has 1 aliphatic heterocycles. The third kappa shape index (κ3) is 11.1. The molecule has 0 unspecified atom stereocenters. The van der Waals surface area contributed by atoms with Crippen molar-refractivity contribution in [3.8, 4) is 0 Å². The van der Waals surface area contributed by atoms with Gasteiger partial charge in [0.2, 0.25) is 0 Å². The Morgan fingerprint density at radius 3 is 2.25 bits per heavy atom. The van der Waals surface area contributed by atoms with Crippen LogP contribution in [0, 0.1) is 5.92 Å². The van der Waals surface area contributed by atoms with E-state index < -0.39 is 0 Å². The van der Waals surface area contributed by atoms with Crippen LogP contribution in [0.1, 0.15) is 96.0 Å². The van der Waals surface area contributed by atoms with Gasteiger partial charge in [0, 0.05) is 6.42 Å². The molecule has 178 valence electrons. The van der Waals surface area contributed by atoms with Gasteiger partial charge >= 0.3 is 5.97 Å². The Kier molecular flexibility index (Phi) is 13.8. The third-order valence-corrected chi connectivity index (χ3v) is 6.31. The third-order valence-electron chi connectivity index (χ3n) is 6.31. The number of unbranched alkanes of at least 4 members (excludes halogenated alkanes) is 8. The Hall–Kier alpha value is -1.87. The number of hydrogen-bond acceptors (Lipinski definition) is 3. The lowest BCUT2D eigenvalue weighted by Gasteiger charge is -2.36. The second-order valence-electron chi connectivity index (χ2n) is 9.18. The number of aliphatic hydroxyl groups excluding tert-OH is 1. The molecule has 1 heterocycles. The van der Waals surface area contributed by atoms with Crippen molar-refractivity contribution >= 4 is 5.97 Å². The average molecular weight is 441 g/mol. The Morgan fingerprint density at radius 2 is 1.56 bits per heavy atom. The fourth-order valence-electron chi connectivity index (χ4n) is 4.27. The first-order valence-electron chi connectivity index (χ1n) is 12.9. The minimum atomic E-state index is -0.371. The maximum atomic E-state index is 11.8. The first-order chi connectivity index (χ1) is 15.7. The minimum absolute atomic E-state index is 0.100. The Bertz CT molecular complexity index is 664. The number of carbonyl (C=O) groups is 1. The molecule has 1 aromatic rings. The van der Waals surface area contributed by atoms with E-state index in [1.165, 1.54) is 57.8 Å². The molecule has 0 radical (unpaired) electrons. The highest BCUT2D eigenvalue weighted by Gasteiger charge is 2.42. The number of aliphatic hydroxyl groups is 1. The van der Waals surface area contributed by atoms with E-state index in [9.17, 15) is 9.90 Å². The molecule has 0 bridgehead atoms. The topological polar surface area (TPSA) is 46.5 Å². The normalized spacial score (nSPS) is 19.4. The van der Waals surface area contributed by atoms with Crippen LogP contribution in [0.5, 0.6) is 0 Å². The van der Waals surface area contributed by atoms with Gasteiger partial charge in [-0.15, -0.1) is 0 Å². The summed E-state index contributed by atoms with van der Waals surface area (Å²) in [6, 6.07) is 10.1. The lowest BCUT2D eigenvalue weighted by Crippen LogP contribution is -2.47. The van der Waals surface area contributed by atoms with Crippen LogP contribution in [-0.4, -0.2) is 23.3 Å². The van der Waals surface area contributed by atoms with Crippen LogP contribution in [0.25, 0.3) is 0 Å². The van der Waals surface area contributed by atoms with E-state index in [-0.39, 0.29) is 24.1 Å². The summed E-state index contributed by atoms with van der Waals surface area (Å²) in [5.74, 6) is -0.222. The highest BCUT2D eigenvalue weighted by atomic mass is 16.6. The molecular weight excluding hydrogens is 396 g/mol. The Labute approximate surface area is 196 Å². The summed E-state index contributed by atoms with van der Waals surface area (Å²) in [7, 11) is 0. The lowest BCUT2D eigenvalue weighted by molar-refractivity contribution is -0.187. The molecule has 1 aromatic carbocycles. The van der Waals surface area contributed by atoms with Crippen LogP contribution in [0.3, 0.4) is 0 Å². The summed E-state index contributed by atoms with van der Waals surface area (Å²) in [6.45, 7) is 2.24. The van der Waals surface area contributed by atoms with E-state index in [4.69, 9.17) is 4.74 Å². The molecule has 3 atom stereocenters. The zero-order valence-corrected chi connectivity index (χ0v) is 20.1. The molecule has 2 rings (SSSR count). The first kappa shape index (κ1) is 26.4. The molecular formula is C29H44O3.